The van der Waals surface area contributed by atoms with Gasteiger partial charge < -0.3 is 10.9 Å². The molecule has 4 heavy (non-hydrogen) atoms. The molecule has 0 aliphatic carbocycles. The zero-order valence-corrected chi connectivity index (χ0v) is 2.95. The van der Waals surface area contributed by atoms with E-state index >= 15 is 0 Å². The summed E-state index contributed by atoms with van der Waals surface area (Å²) in [6, 6.07) is 0. The first-order valence-electron chi connectivity index (χ1n) is 1.17. The Bertz CT molecular complexity index is 6.00. The van der Waals surface area contributed by atoms with Gasteiger partial charge in [0, 0.05) is 0 Å². The van der Waals surface area contributed by atoms with E-state index < -0.39 is 0 Å². The van der Waals surface area contributed by atoms with Gasteiger partial charge >= 0.3 is 0 Å². The average Bonchev–Trinajstić information content (AvgIpc) is 1.37. The highest BCUT2D eigenvalue weighted by Gasteiger charge is 1.25. The second-order valence-electron chi connectivity index (χ2n) is 0.447. The lowest BCUT2D eigenvalue weighted by Crippen LogP contribution is -1.91. The van der Waals surface area contributed by atoms with Gasteiger partial charge in [-0.15, -0.1) is 0 Å². The van der Waals surface area contributed by atoms with Gasteiger partial charge in [0.15, 0.2) is 0 Å². The van der Waals surface area contributed by atoms with E-state index in [9.17, 15) is 0 Å². The highest BCUT2D eigenvalue weighted by molar-refractivity contribution is 4.50. The number of nitrogens with zero attached hydrogens (tertiary/aromatic N) is 1. The van der Waals surface area contributed by atoms with E-state index in [1.165, 1.54) is 0 Å². The summed E-state index contributed by atoms with van der Waals surface area (Å²) in [4.78, 5) is 0. The zero-order chi connectivity index (χ0) is 3.41. The highest BCUT2D eigenvalue weighted by Crippen LogP contribution is 1.50. The van der Waals surface area contributed by atoms with Crippen LogP contribution in [0.4, 0.5) is 0 Å². The molecule has 0 aromatic heterocycles. The first kappa shape index (κ1) is 3.92. The lowest BCUT2D eigenvalue weighted by molar-refractivity contribution is 1.03. The maximum Gasteiger partial charge on any atom is -0.0342 e. The number of rotatable bonds is 1. The zero-order valence-electron chi connectivity index (χ0n) is 2.95. The third kappa shape index (κ3) is 1.92. The van der Waals surface area contributed by atoms with Crippen molar-refractivity contribution in [1.82, 2.24) is 5.43 Å². The van der Waals surface area contributed by atoms with Crippen molar-refractivity contribution < 1.29 is 0 Å². The summed E-state index contributed by atoms with van der Waals surface area (Å²) in [5, 5.41) is 0. The van der Waals surface area contributed by atoms with Gasteiger partial charge in [0.2, 0.25) is 0 Å². The normalized spacial score (nSPS) is 7.50. The monoisotopic (exact) mass is 59.1 g/mol. The van der Waals surface area contributed by atoms with Crippen LogP contribution in [-0.4, -0.2) is 14.1 Å². The molecule has 2 heteroatoms. The van der Waals surface area contributed by atoms with Crippen LogP contribution in [-0.2, 0) is 0 Å². The van der Waals surface area contributed by atoms with E-state index in [0.717, 1.165) is 0 Å². The van der Waals surface area contributed by atoms with Crippen LogP contribution in [0.15, 0.2) is 0 Å². The Kier molecular flexibility index (Phi) is 2.86. The van der Waals surface area contributed by atoms with E-state index in [2.05, 4.69) is 10.9 Å². The summed E-state index contributed by atoms with van der Waals surface area (Å²) in [5.74, 6) is 0. The molecule has 0 fully saturated rings. The number of hydrogen-bond donors (Lipinski definition) is 1. The molecular formula is C2H7N2-. The van der Waals surface area contributed by atoms with Gasteiger partial charge in [-0.2, -0.15) is 7.05 Å². The molecule has 2 nitrogen and oxygen atoms in total. The van der Waals surface area contributed by atoms with Crippen molar-refractivity contribution in [3.05, 3.63) is 5.43 Å². The Hall–Kier alpha value is -0.0800. The van der Waals surface area contributed by atoms with Gasteiger partial charge in [-0.05, 0) is 7.05 Å². The van der Waals surface area contributed by atoms with Crippen molar-refractivity contribution in [2.45, 2.75) is 0 Å². The Morgan fingerprint density at radius 3 is 2.00 bits per heavy atom. The summed E-state index contributed by atoms with van der Waals surface area (Å²) in [7, 11) is 3.46. The lowest BCUT2D eigenvalue weighted by atomic mass is 11.4. The third-order valence-electron chi connectivity index (χ3n) is 0.224. The molecule has 0 saturated carbocycles. The molecule has 0 heterocycles. The quantitative estimate of drug-likeness (QED) is 0.427. The smallest absolute Gasteiger partial charge is 0.0342 e. The Labute approximate surface area is 26.2 Å². The van der Waals surface area contributed by atoms with E-state index in [1.807, 2.05) is 0 Å². The first-order valence-corrected chi connectivity index (χ1v) is 1.17. The van der Waals surface area contributed by atoms with Crippen molar-refractivity contribution in [3.8, 4) is 0 Å². The summed E-state index contributed by atoms with van der Waals surface area (Å²) in [6.07, 6.45) is 0. The molecular weight excluding hydrogens is 52.0 g/mol. The average molecular weight is 59.1 g/mol. The minimum atomic E-state index is 1.69. The fourth-order valence-electron chi connectivity index (χ4n) is 0. The van der Waals surface area contributed by atoms with E-state index in [-0.39, 0.29) is 0 Å². The second kappa shape index (κ2) is 2.92. The molecule has 0 amide bonds. The van der Waals surface area contributed by atoms with Crippen molar-refractivity contribution in [3.63, 3.8) is 0 Å². The van der Waals surface area contributed by atoms with Crippen molar-refractivity contribution in [2.24, 2.45) is 0 Å². The molecule has 0 aromatic rings. The SMILES string of the molecule is C[N-]NC. The minimum absolute atomic E-state index is 1.69. The van der Waals surface area contributed by atoms with Crippen molar-refractivity contribution >= 4 is 0 Å². The fraction of sp³-hybridized carbons (Fsp3) is 1.00. The molecule has 0 unspecified atom stereocenters. The molecule has 0 atom stereocenters. The van der Waals surface area contributed by atoms with Crippen molar-refractivity contribution in [1.29, 1.82) is 0 Å². The molecule has 0 radical (unpaired) electrons. The largest absolute Gasteiger partial charge is 0.600 e. The van der Waals surface area contributed by atoms with Crippen molar-refractivity contribution in [2.75, 3.05) is 14.1 Å². The summed E-state index contributed by atoms with van der Waals surface area (Å²) in [6.45, 7) is 0. The number of nitrogens with one attached hydrogen (secondary N) is 1. The summed E-state index contributed by atoms with van der Waals surface area (Å²) >= 11 is 0. The van der Waals surface area contributed by atoms with Gasteiger partial charge in [-0.25, -0.2) is 0 Å². The minimum Gasteiger partial charge on any atom is -0.600 e. The highest BCUT2D eigenvalue weighted by atomic mass is 15.3. The molecule has 26 valence electrons. The Balaban J connectivity index is 1.97. The second-order valence-corrected chi connectivity index (χ2v) is 0.447. The summed E-state index contributed by atoms with van der Waals surface area (Å²) < 4.78 is 0. The van der Waals surface area contributed by atoms with E-state index in [1.54, 1.807) is 14.1 Å². The molecule has 0 saturated heterocycles. The van der Waals surface area contributed by atoms with Gasteiger partial charge in [0.25, 0.3) is 0 Å². The van der Waals surface area contributed by atoms with Crippen LogP contribution in [0.25, 0.3) is 5.43 Å². The van der Waals surface area contributed by atoms with Gasteiger partial charge in [0.05, 0.1) is 0 Å². The maximum absolute atomic E-state index is 3.49. The van der Waals surface area contributed by atoms with Crippen LogP contribution >= 0.6 is 0 Å². The summed E-state index contributed by atoms with van der Waals surface area (Å²) in [5.41, 5.74) is 6.04. The van der Waals surface area contributed by atoms with Gasteiger partial charge in [0.1, 0.15) is 0 Å². The molecule has 0 aliphatic rings. The standard InChI is InChI=1S/C2H7N2/c1-3-4-2/h3H,1-2H3/q-1. The molecule has 0 rings (SSSR count). The molecule has 0 aliphatic heterocycles. The molecule has 1 N–H and O–H groups in total. The maximum atomic E-state index is 3.49. The molecule has 0 aromatic carbocycles. The topological polar surface area (TPSA) is 26.1 Å². The molecule has 0 bridgehead atoms. The fourth-order valence-corrected chi connectivity index (χ4v) is 0. The van der Waals surface area contributed by atoms with Crippen LogP contribution in [0, 0.1) is 0 Å². The third-order valence-corrected chi connectivity index (χ3v) is 0.224. The van der Waals surface area contributed by atoms with Crippen LogP contribution in [0.3, 0.4) is 0 Å². The number of hydrogen-bond acceptors (Lipinski definition) is 1. The predicted molar refractivity (Wildman–Crippen MR) is 18.3 cm³/mol. The predicted octanol–water partition coefficient (Wildman–Crippen LogP) is 0.124. The van der Waals surface area contributed by atoms with E-state index in [4.69, 9.17) is 0 Å². The van der Waals surface area contributed by atoms with Gasteiger partial charge in [-0.3, -0.25) is 0 Å². The lowest BCUT2D eigenvalue weighted by Gasteiger charge is -2.03. The first-order chi connectivity index (χ1) is 1.91. The van der Waals surface area contributed by atoms with Crippen LogP contribution in [0.2, 0.25) is 0 Å². The molecule has 0 spiro atoms. The van der Waals surface area contributed by atoms with E-state index in [0.29, 0.717) is 0 Å². The van der Waals surface area contributed by atoms with Gasteiger partial charge in [-0.1, -0.05) is 0 Å². The Morgan fingerprint density at radius 1 is 1.75 bits per heavy atom. The van der Waals surface area contributed by atoms with Crippen LogP contribution in [0.5, 0.6) is 0 Å². The van der Waals surface area contributed by atoms with Crippen LogP contribution < -0.4 is 5.43 Å². The van der Waals surface area contributed by atoms with Crippen LogP contribution in [0.1, 0.15) is 0 Å². The Morgan fingerprint density at radius 2 is 2.00 bits per heavy atom.